The molecule has 4 aliphatic rings. The van der Waals surface area contributed by atoms with Crippen LogP contribution in [0.5, 0.6) is 5.75 Å². The van der Waals surface area contributed by atoms with Crippen molar-refractivity contribution in [2.24, 2.45) is 23.2 Å². The first-order chi connectivity index (χ1) is 10.7. The Hall–Kier alpha value is -1.57. The molecule has 4 saturated carbocycles. The Morgan fingerprint density at radius 2 is 1.77 bits per heavy atom. The van der Waals surface area contributed by atoms with E-state index in [0.717, 1.165) is 29.1 Å². The van der Waals surface area contributed by atoms with E-state index in [1.165, 1.54) is 38.5 Å². The summed E-state index contributed by atoms with van der Waals surface area (Å²) in [5, 5.41) is 0. The smallest absolute Gasteiger partial charge is 0.185 e. The van der Waals surface area contributed by atoms with Crippen molar-refractivity contribution in [1.82, 2.24) is 0 Å². The van der Waals surface area contributed by atoms with Crippen LogP contribution < -0.4 is 4.74 Å². The fraction of sp³-hybridized carbons (Fsp3) is 0.550. The predicted octanol–water partition coefficient (Wildman–Crippen LogP) is 4.65. The first-order valence-corrected chi connectivity index (χ1v) is 8.53. The number of carbonyl (C=O) groups excluding carboxylic acids is 1. The Morgan fingerprint density at radius 1 is 1.14 bits per heavy atom. The van der Waals surface area contributed by atoms with Gasteiger partial charge in [-0.1, -0.05) is 18.2 Å². The molecule has 1 aromatic rings. The third-order valence-electron chi connectivity index (χ3n) is 6.03. The summed E-state index contributed by atoms with van der Waals surface area (Å²) in [4.78, 5) is 12.5. The quantitative estimate of drug-likeness (QED) is 0.597. The second kappa shape index (κ2) is 5.26. The highest BCUT2D eigenvalue weighted by Gasteiger charge is 2.49. The first kappa shape index (κ1) is 14.0. The zero-order valence-corrected chi connectivity index (χ0v) is 13.3. The van der Waals surface area contributed by atoms with Gasteiger partial charge in [-0.3, -0.25) is 4.79 Å². The van der Waals surface area contributed by atoms with Gasteiger partial charge in [0.05, 0.1) is 7.11 Å². The minimum absolute atomic E-state index is 0.106. The summed E-state index contributed by atoms with van der Waals surface area (Å²) in [5.74, 6) is 3.61. The van der Waals surface area contributed by atoms with E-state index < -0.39 is 0 Å². The molecule has 5 rings (SSSR count). The molecule has 0 aliphatic heterocycles. The maximum atomic E-state index is 12.5. The third kappa shape index (κ3) is 2.49. The van der Waals surface area contributed by atoms with E-state index in [4.69, 9.17) is 4.74 Å². The zero-order valence-electron chi connectivity index (χ0n) is 13.3. The van der Waals surface area contributed by atoms with Crippen LogP contribution in [0, 0.1) is 23.2 Å². The highest BCUT2D eigenvalue weighted by molar-refractivity contribution is 6.04. The van der Waals surface area contributed by atoms with Crippen LogP contribution in [0.25, 0.3) is 0 Å². The molecule has 116 valence electrons. The monoisotopic (exact) mass is 296 g/mol. The van der Waals surface area contributed by atoms with Gasteiger partial charge in [-0.2, -0.15) is 0 Å². The molecule has 0 unspecified atom stereocenters. The molecule has 0 spiro atoms. The van der Waals surface area contributed by atoms with E-state index in [9.17, 15) is 4.79 Å². The molecular weight excluding hydrogens is 272 g/mol. The van der Waals surface area contributed by atoms with Crippen LogP contribution in [-0.4, -0.2) is 12.9 Å². The average molecular weight is 296 g/mol. The summed E-state index contributed by atoms with van der Waals surface area (Å²) in [6.07, 6.45) is 12.3. The normalized spacial score (nSPS) is 36.0. The maximum Gasteiger partial charge on any atom is 0.185 e. The molecule has 4 bridgehead atoms. The summed E-state index contributed by atoms with van der Waals surface area (Å²) in [6.45, 7) is 0. The van der Waals surface area contributed by atoms with Crippen molar-refractivity contribution in [3.63, 3.8) is 0 Å². The number of carbonyl (C=O) groups is 1. The molecule has 22 heavy (non-hydrogen) atoms. The molecule has 0 atom stereocenters. The Bertz CT molecular complexity index is 579. The number of ketones is 1. The lowest BCUT2D eigenvalue weighted by Gasteiger charge is -2.55. The Labute approximate surface area is 132 Å². The van der Waals surface area contributed by atoms with Gasteiger partial charge in [0.1, 0.15) is 5.75 Å². The van der Waals surface area contributed by atoms with E-state index in [0.29, 0.717) is 5.41 Å². The molecule has 4 aliphatic carbocycles. The molecule has 4 fully saturated rings. The van der Waals surface area contributed by atoms with Gasteiger partial charge in [-0.05, 0) is 79.9 Å². The van der Waals surface area contributed by atoms with E-state index >= 15 is 0 Å². The summed E-state index contributed by atoms with van der Waals surface area (Å²) in [6, 6.07) is 7.45. The van der Waals surface area contributed by atoms with Crippen LogP contribution in [0.3, 0.4) is 0 Å². The molecular formula is C20H24O2. The van der Waals surface area contributed by atoms with Crippen LogP contribution in [0.2, 0.25) is 0 Å². The summed E-state index contributed by atoms with van der Waals surface area (Å²) in [7, 11) is 1.63. The van der Waals surface area contributed by atoms with Gasteiger partial charge in [0, 0.05) is 5.56 Å². The molecule has 0 aromatic heterocycles. The van der Waals surface area contributed by atoms with Crippen molar-refractivity contribution in [2.75, 3.05) is 7.11 Å². The predicted molar refractivity (Wildman–Crippen MR) is 87.1 cm³/mol. The fourth-order valence-corrected chi connectivity index (χ4v) is 5.51. The van der Waals surface area contributed by atoms with Crippen molar-refractivity contribution in [1.29, 1.82) is 0 Å². The van der Waals surface area contributed by atoms with Crippen LogP contribution in [-0.2, 0) is 0 Å². The van der Waals surface area contributed by atoms with Crippen molar-refractivity contribution in [2.45, 2.75) is 38.5 Å². The lowest BCUT2D eigenvalue weighted by atomic mass is 9.49. The number of rotatable bonds is 4. The summed E-state index contributed by atoms with van der Waals surface area (Å²) >= 11 is 0. The number of allylic oxidation sites excluding steroid dienone is 2. The zero-order chi connectivity index (χ0) is 15.2. The maximum absolute atomic E-state index is 12.5. The number of methoxy groups -OCH3 is 1. The van der Waals surface area contributed by atoms with Gasteiger partial charge in [-0.25, -0.2) is 0 Å². The highest BCUT2D eigenvalue weighted by Crippen LogP contribution is 2.60. The molecule has 0 N–H and O–H groups in total. The topological polar surface area (TPSA) is 26.3 Å². The van der Waals surface area contributed by atoms with Gasteiger partial charge in [-0.15, -0.1) is 0 Å². The van der Waals surface area contributed by atoms with Crippen LogP contribution in [0.15, 0.2) is 36.4 Å². The number of hydrogen-bond donors (Lipinski definition) is 0. The molecule has 2 heteroatoms. The Morgan fingerprint density at radius 3 is 2.36 bits per heavy atom. The fourth-order valence-electron chi connectivity index (χ4n) is 5.51. The molecule has 0 heterocycles. The van der Waals surface area contributed by atoms with Gasteiger partial charge >= 0.3 is 0 Å². The van der Waals surface area contributed by atoms with Gasteiger partial charge in [0.25, 0.3) is 0 Å². The lowest BCUT2D eigenvalue weighted by Crippen LogP contribution is -2.45. The van der Waals surface area contributed by atoms with E-state index in [1.54, 1.807) is 7.11 Å². The van der Waals surface area contributed by atoms with Gasteiger partial charge in [0.15, 0.2) is 5.78 Å². The minimum atomic E-state index is 0.106. The van der Waals surface area contributed by atoms with E-state index in [-0.39, 0.29) is 5.78 Å². The molecule has 1 aromatic carbocycles. The van der Waals surface area contributed by atoms with Crippen molar-refractivity contribution < 1.29 is 9.53 Å². The Balaban J connectivity index is 1.52. The second-order valence-electron chi connectivity index (χ2n) is 7.71. The van der Waals surface area contributed by atoms with E-state index in [2.05, 4.69) is 6.08 Å². The lowest BCUT2D eigenvalue weighted by molar-refractivity contribution is -0.0238. The standard InChI is InChI=1S/C20H24O2/c1-22-18-4-2-3-17(10-18)19(21)5-6-20-11-14-7-15(12-20)9-16(8-14)13-20/h2-6,10,14-16H,7-9,11-13H2,1H3/b6-5+. The van der Waals surface area contributed by atoms with Crippen LogP contribution in [0.1, 0.15) is 48.9 Å². The van der Waals surface area contributed by atoms with E-state index in [1.807, 2.05) is 30.3 Å². The van der Waals surface area contributed by atoms with Crippen molar-refractivity contribution >= 4 is 5.78 Å². The highest BCUT2D eigenvalue weighted by atomic mass is 16.5. The summed E-state index contributed by atoms with van der Waals surface area (Å²) < 4.78 is 5.21. The molecule has 0 radical (unpaired) electrons. The van der Waals surface area contributed by atoms with Crippen LogP contribution >= 0.6 is 0 Å². The average Bonchev–Trinajstić information content (AvgIpc) is 2.51. The van der Waals surface area contributed by atoms with Crippen LogP contribution in [0.4, 0.5) is 0 Å². The van der Waals surface area contributed by atoms with Crippen molar-refractivity contribution in [3.05, 3.63) is 42.0 Å². The number of benzene rings is 1. The third-order valence-corrected chi connectivity index (χ3v) is 6.03. The summed E-state index contributed by atoms with van der Waals surface area (Å²) in [5.41, 5.74) is 1.05. The Kier molecular flexibility index (Phi) is 3.36. The largest absolute Gasteiger partial charge is 0.497 e. The minimum Gasteiger partial charge on any atom is -0.497 e. The second-order valence-corrected chi connectivity index (χ2v) is 7.71. The van der Waals surface area contributed by atoms with Gasteiger partial charge < -0.3 is 4.74 Å². The number of hydrogen-bond acceptors (Lipinski definition) is 2. The van der Waals surface area contributed by atoms with Gasteiger partial charge in [0.2, 0.25) is 0 Å². The molecule has 0 amide bonds. The molecule has 2 nitrogen and oxygen atoms in total. The first-order valence-electron chi connectivity index (χ1n) is 8.53. The molecule has 0 saturated heterocycles. The number of ether oxygens (including phenoxy) is 1. The SMILES string of the molecule is COc1cccc(C(=O)/C=C/C23CC4CC(CC(C4)C2)C3)c1. The van der Waals surface area contributed by atoms with Crippen molar-refractivity contribution in [3.8, 4) is 5.75 Å².